The highest BCUT2D eigenvalue weighted by Crippen LogP contribution is 2.38. The summed E-state index contributed by atoms with van der Waals surface area (Å²) in [6.45, 7) is 8.36. The lowest BCUT2D eigenvalue weighted by Crippen LogP contribution is -2.21. The topological polar surface area (TPSA) is 47.0 Å². The zero-order chi connectivity index (χ0) is 13.0. The first-order valence-corrected chi connectivity index (χ1v) is 7.72. The highest BCUT2D eigenvalue weighted by atomic mass is 32.1. The van der Waals surface area contributed by atoms with Gasteiger partial charge in [0.25, 0.3) is 0 Å². The van der Waals surface area contributed by atoms with Gasteiger partial charge in [-0.15, -0.1) is 10.2 Å². The minimum Gasteiger partial charge on any atom is -0.368 e. The number of ether oxygens (including phenoxy) is 1. The molecule has 102 valence electrons. The van der Waals surface area contributed by atoms with Crippen molar-refractivity contribution in [3.63, 3.8) is 0 Å². The van der Waals surface area contributed by atoms with Gasteiger partial charge in [-0.25, -0.2) is 0 Å². The average molecular weight is 269 g/mol. The summed E-state index contributed by atoms with van der Waals surface area (Å²) in [5.74, 6) is 0. The Balaban J connectivity index is 2.08. The van der Waals surface area contributed by atoms with Gasteiger partial charge in [-0.1, -0.05) is 25.2 Å². The van der Waals surface area contributed by atoms with Crippen molar-refractivity contribution in [2.75, 3.05) is 13.2 Å². The van der Waals surface area contributed by atoms with E-state index in [0.29, 0.717) is 6.04 Å². The fraction of sp³-hybridized carbons (Fsp3) is 0.846. The lowest BCUT2D eigenvalue weighted by molar-refractivity contribution is 0.0161. The Bertz CT molecular complexity index is 374. The molecule has 1 aromatic rings. The SMILES string of the molecule is CCCNC(CC)c1nnc(C2(C)CCCO2)s1. The molecule has 0 amide bonds. The van der Waals surface area contributed by atoms with E-state index in [9.17, 15) is 0 Å². The Hall–Kier alpha value is -0.520. The van der Waals surface area contributed by atoms with Crippen LogP contribution in [0, 0.1) is 0 Å². The molecule has 2 atom stereocenters. The maximum atomic E-state index is 5.82. The highest BCUT2D eigenvalue weighted by molar-refractivity contribution is 7.11. The maximum Gasteiger partial charge on any atom is 0.149 e. The zero-order valence-electron chi connectivity index (χ0n) is 11.5. The summed E-state index contributed by atoms with van der Waals surface area (Å²) < 4.78 is 5.82. The quantitative estimate of drug-likeness (QED) is 0.862. The van der Waals surface area contributed by atoms with Crippen LogP contribution in [0.3, 0.4) is 0 Å². The second kappa shape index (κ2) is 6.08. The second-order valence-electron chi connectivity index (χ2n) is 5.04. The number of nitrogens with zero attached hydrogens (tertiary/aromatic N) is 2. The molecule has 2 heterocycles. The van der Waals surface area contributed by atoms with Crippen molar-refractivity contribution in [2.45, 2.75) is 58.1 Å². The molecule has 4 nitrogen and oxygen atoms in total. The summed E-state index contributed by atoms with van der Waals surface area (Å²) in [4.78, 5) is 0. The molecule has 1 aromatic heterocycles. The summed E-state index contributed by atoms with van der Waals surface area (Å²) in [5.41, 5.74) is -0.195. The Morgan fingerprint density at radius 2 is 2.28 bits per heavy atom. The van der Waals surface area contributed by atoms with Gasteiger partial charge in [-0.05, 0) is 39.2 Å². The Morgan fingerprint density at radius 1 is 1.44 bits per heavy atom. The molecule has 0 radical (unpaired) electrons. The van der Waals surface area contributed by atoms with Crippen LogP contribution in [0.15, 0.2) is 0 Å². The molecule has 0 aromatic carbocycles. The Morgan fingerprint density at radius 3 is 2.89 bits per heavy atom. The minimum atomic E-state index is -0.195. The number of rotatable bonds is 6. The third-order valence-electron chi connectivity index (χ3n) is 3.46. The first-order valence-electron chi connectivity index (χ1n) is 6.91. The molecule has 1 N–H and O–H groups in total. The number of nitrogens with one attached hydrogen (secondary N) is 1. The van der Waals surface area contributed by atoms with Crippen LogP contribution in [0.4, 0.5) is 0 Å². The van der Waals surface area contributed by atoms with Crippen molar-refractivity contribution >= 4 is 11.3 Å². The summed E-state index contributed by atoms with van der Waals surface area (Å²) in [6, 6.07) is 0.334. The normalized spacial score (nSPS) is 25.5. The van der Waals surface area contributed by atoms with Crippen LogP contribution in [-0.4, -0.2) is 23.3 Å². The Kier molecular flexibility index (Phi) is 4.70. The molecule has 0 bridgehead atoms. The maximum absolute atomic E-state index is 5.82. The molecule has 0 aliphatic carbocycles. The van der Waals surface area contributed by atoms with E-state index in [0.717, 1.165) is 48.9 Å². The molecule has 2 unspecified atom stereocenters. The fourth-order valence-corrected chi connectivity index (χ4v) is 3.39. The van der Waals surface area contributed by atoms with Crippen molar-refractivity contribution in [2.24, 2.45) is 0 Å². The van der Waals surface area contributed by atoms with E-state index >= 15 is 0 Å². The average Bonchev–Trinajstić information content (AvgIpc) is 3.00. The third kappa shape index (κ3) is 2.90. The first-order chi connectivity index (χ1) is 8.69. The van der Waals surface area contributed by atoms with E-state index in [1.165, 1.54) is 0 Å². The van der Waals surface area contributed by atoms with Crippen LogP contribution in [0.5, 0.6) is 0 Å². The van der Waals surface area contributed by atoms with Crippen LogP contribution < -0.4 is 5.32 Å². The molecular weight excluding hydrogens is 246 g/mol. The monoisotopic (exact) mass is 269 g/mol. The van der Waals surface area contributed by atoms with E-state index in [2.05, 4.69) is 36.3 Å². The van der Waals surface area contributed by atoms with Crippen molar-refractivity contribution in [1.29, 1.82) is 0 Å². The van der Waals surface area contributed by atoms with Gasteiger partial charge in [-0.2, -0.15) is 0 Å². The van der Waals surface area contributed by atoms with Gasteiger partial charge < -0.3 is 10.1 Å². The van der Waals surface area contributed by atoms with E-state index in [4.69, 9.17) is 4.74 Å². The summed E-state index contributed by atoms with van der Waals surface area (Å²) in [6.07, 6.45) is 4.37. The molecule has 0 saturated carbocycles. The predicted molar refractivity (Wildman–Crippen MR) is 73.8 cm³/mol. The lowest BCUT2D eigenvalue weighted by Gasteiger charge is -2.19. The number of hydrogen-bond donors (Lipinski definition) is 1. The Labute approximate surface area is 113 Å². The molecule has 1 fully saturated rings. The molecule has 1 aliphatic heterocycles. The largest absolute Gasteiger partial charge is 0.368 e. The van der Waals surface area contributed by atoms with Gasteiger partial charge in [0.15, 0.2) is 0 Å². The van der Waals surface area contributed by atoms with Crippen LogP contribution in [-0.2, 0) is 10.3 Å². The van der Waals surface area contributed by atoms with E-state index in [1.54, 1.807) is 11.3 Å². The van der Waals surface area contributed by atoms with Gasteiger partial charge in [-0.3, -0.25) is 0 Å². The van der Waals surface area contributed by atoms with Gasteiger partial charge in [0.1, 0.15) is 15.6 Å². The second-order valence-corrected chi connectivity index (χ2v) is 6.05. The van der Waals surface area contributed by atoms with Crippen molar-refractivity contribution in [3.8, 4) is 0 Å². The minimum absolute atomic E-state index is 0.195. The van der Waals surface area contributed by atoms with Crippen LogP contribution in [0.25, 0.3) is 0 Å². The van der Waals surface area contributed by atoms with E-state index in [-0.39, 0.29) is 5.60 Å². The van der Waals surface area contributed by atoms with Crippen LogP contribution in [0.1, 0.15) is 62.5 Å². The highest BCUT2D eigenvalue weighted by Gasteiger charge is 2.35. The predicted octanol–water partition coefficient (Wildman–Crippen LogP) is 3.01. The number of aromatic nitrogens is 2. The lowest BCUT2D eigenvalue weighted by atomic mass is 10.0. The molecule has 0 spiro atoms. The molecule has 1 saturated heterocycles. The van der Waals surface area contributed by atoms with Gasteiger partial charge in [0, 0.05) is 6.61 Å². The third-order valence-corrected chi connectivity index (χ3v) is 4.74. The van der Waals surface area contributed by atoms with Crippen molar-refractivity contribution in [1.82, 2.24) is 15.5 Å². The summed E-state index contributed by atoms with van der Waals surface area (Å²) in [7, 11) is 0. The standard InChI is InChI=1S/C13H23N3OS/c1-4-8-14-10(5-2)11-15-16-12(18-11)13(3)7-6-9-17-13/h10,14H,4-9H2,1-3H3. The van der Waals surface area contributed by atoms with Gasteiger partial charge >= 0.3 is 0 Å². The summed E-state index contributed by atoms with van der Waals surface area (Å²) in [5, 5.41) is 14.4. The van der Waals surface area contributed by atoms with Crippen LogP contribution in [0.2, 0.25) is 0 Å². The number of hydrogen-bond acceptors (Lipinski definition) is 5. The molecule has 1 aliphatic rings. The molecule has 18 heavy (non-hydrogen) atoms. The molecular formula is C13H23N3OS. The van der Waals surface area contributed by atoms with Gasteiger partial charge in [0.05, 0.1) is 6.04 Å². The zero-order valence-corrected chi connectivity index (χ0v) is 12.3. The van der Waals surface area contributed by atoms with Gasteiger partial charge in [0.2, 0.25) is 0 Å². The smallest absolute Gasteiger partial charge is 0.149 e. The molecule has 2 rings (SSSR count). The molecule has 5 heteroatoms. The van der Waals surface area contributed by atoms with Crippen LogP contribution >= 0.6 is 11.3 Å². The fourth-order valence-electron chi connectivity index (χ4n) is 2.26. The van der Waals surface area contributed by atoms with E-state index < -0.39 is 0 Å². The first kappa shape index (κ1) is 13.9. The van der Waals surface area contributed by atoms with E-state index in [1.807, 2.05) is 0 Å². The summed E-state index contributed by atoms with van der Waals surface area (Å²) >= 11 is 1.70. The van der Waals surface area contributed by atoms with Crippen molar-refractivity contribution in [3.05, 3.63) is 10.0 Å². The van der Waals surface area contributed by atoms with Crippen molar-refractivity contribution < 1.29 is 4.74 Å².